The zero-order chi connectivity index (χ0) is 11.5. The number of aromatic nitrogens is 2. The molecule has 7 heteroatoms. The summed E-state index contributed by atoms with van der Waals surface area (Å²) in [5.74, 6) is 0.449. The Morgan fingerprint density at radius 3 is 2.73 bits per heavy atom. The average Bonchev–Trinajstić information content (AvgIpc) is 2.46. The van der Waals surface area contributed by atoms with E-state index in [4.69, 9.17) is 0 Å². The monoisotopic (exact) mass is 406 g/mol. The molecule has 86 valence electrons. The Bertz CT molecular complexity index is 410. The SMILES string of the molecule is CCS(=O)(=O)CCCn1cc(Br)c(I)n1. The van der Waals surface area contributed by atoms with E-state index in [1.807, 2.05) is 6.20 Å². The van der Waals surface area contributed by atoms with Crippen LogP contribution in [0.25, 0.3) is 0 Å². The lowest BCUT2D eigenvalue weighted by Crippen LogP contribution is -2.11. The molecule has 0 aliphatic rings. The highest BCUT2D eigenvalue weighted by Gasteiger charge is 2.08. The van der Waals surface area contributed by atoms with Crippen LogP contribution in [0.2, 0.25) is 0 Å². The topological polar surface area (TPSA) is 52.0 Å². The first kappa shape index (κ1) is 13.4. The van der Waals surface area contributed by atoms with Crippen LogP contribution >= 0.6 is 38.5 Å². The van der Waals surface area contributed by atoms with Gasteiger partial charge in [-0.2, -0.15) is 5.10 Å². The molecule has 0 atom stereocenters. The van der Waals surface area contributed by atoms with Crippen molar-refractivity contribution in [1.82, 2.24) is 9.78 Å². The zero-order valence-electron chi connectivity index (χ0n) is 8.28. The molecular formula is C8H12BrIN2O2S. The Morgan fingerprint density at radius 2 is 2.27 bits per heavy atom. The maximum Gasteiger partial charge on any atom is 0.150 e. The van der Waals surface area contributed by atoms with Crippen LogP contribution in [0.4, 0.5) is 0 Å². The third-order valence-electron chi connectivity index (χ3n) is 1.96. The van der Waals surface area contributed by atoms with E-state index in [1.165, 1.54) is 0 Å². The van der Waals surface area contributed by atoms with Crippen LogP contribution < -0.4 is 0 Å². The zero-order valence-corrected chi connectivity index (χ0v) is 12.8. The lowest BCUT2D eigenvalue weighted by Gasteiger charge is -2.01. The second-order valence-electron chi connectivity index (χ2n) is 3.12. The van der Waals surface area contributed by atoms with Crippen molar-refractivity contribution >= 4 is 48.4 Å². The van der Waals surface area contributed by atoms with Gasteiger partial charge in [-0.3, -0.25) is 4.68 Å². The molecular weight excluding hydrogens is 395 g/mol. The normalized spacial score (nSPS) is 11.9. The summed E-state index contributed by atoms with van der Waals surface area (Å²) in [5, 5.41) is 4.22. The van der Waals surface area contributed by atoms with Crippen molar-refractivity contribution in [2.24, 2.45) is 0 Å². The molecule has 0 saturated heterocycles. The van der Waals surface area contributed by atoms with Crippen LogP contribution in [0.5, 0.6) is 0 Å². The minimum Gasteiger partial charge on any atom is -0.270 e. The molecule has 0 aromatic carbocycles. The molecule has 1 aromatic rings. The summed E-state index contributed by atoms with van der Waals surface area (Å²) in [5.41, 5.74) is 0. The highest BCUT2D eigenvalue weighted by molar-refractivity contribution is 14.1. The molecule has 1 rings (SSSR count). The summed E-state index contributed by atoms with van der Waals surface area (Å²) in [6, 6.07) is 0. The van der Waals surface area contributed by atoms with Gasteiger partial charge in [0, 0.05) is 18.5 Å². The van der Waals surface area contributed by atoms with Gasteiger partial charge in [-0.1, -0.05) is 6.92 Å². The van der Waals surface area contributed by atoms with Crippen molar-refractivity contribution < 1.29 is 8.42 Å². The Labute approximate surface area is 112 Å². The summed E-state index contributed by atoms with van der Waals surface area (Å²) < 4.78 is 26.0. The van der Waals surface area contributed by atoms with E-state index in [0.29, 0.717) is 13.0 Å². The third kappa shape index (κ3) is 4.39. The molecule has 4 nitrogen and oxygen atoms in total. The van der Waals surface area contributed by atoms with Gasteiger partial charge < -0.3 is 0 Å². The van der Waals surface area contributed by atoms with E-state index in [2.05, 4.69) is 43.6 Å². The highest BCUT2D eigenvalue weighted by atomic mass is 127. The molecule has 0 N–H and O–H groups in total. The number of aryl methyl sites for hydroxylation is 1. The minimum atomic E-state index is -2.85. The van der Waals surface area contributed by atoms with Gasteiger partial charge in [-0.05, 0) is 44.9 Å². The van der Waals surface area contributed by atoms with E-state index in [-0.39, 0.29) is 11.5 Å². The van der Waals surface area contributed by atoms with Crippen molar-refractivity contribution in [3.8, 4) is 0 Å². The fourth-order valence-electron chi connectivity index (χ4n) is 1.08. The van der Waals surface area contributed by atoms with Crippen LogP contribution in [0.3, 0.4) is 0 Å². The Balaban J connectivity index is 2.45. The van der Waals surface area contributed by atoms with Gasteiger partial charge in [-0.25, -0.2) is 8.42 Å². The van der Waals surface area contributed by atoms with Crippen LogP contribution in [0.15, 0.2) is 10.7 Å². The van der Waals surface area contributed by atoms with Gasteiger partial charge in [0.2, 0.25) is 0 Å². The van der Waals surface area contributed by atoms with E-state index in [9.17, 15) is 8.42 Å². The number of hydrogen-bond donors (Lipinski definition) is 0. The number of hydrogen-bond acceptors (Lipinski definition) is 3. The molecule has 0 radical (unpaired) electrons. The maximum absolute atomic E-state index is 11.2. The molecule has 15 heavy (non-hydrogen) atoms. The Morgan fingerprint density at radius 1 is 1.60 bits per heavy atom. The molecule has 1 heterocycles. The minimum absolute atomic E-state index is 0.216. The first-order valence-electron chi connectivity index (χ1n) is 4.53. The molecule has 0 saturated carbocycles. The summed E-state index contributed by atoms with van der Waals surface area (Å²) in [7, 11) is -2.85. The molecule has 0 spiro atoms. The van der Waals surface area contributed by atoms with Crippen LogP contribution in [0.1, 0.15) is 13.3 Å². The third-order valence-corrected chi connectivity index (χ3v) is 5.87. The first-order chi connectivity index (χ1) is 6.94. The molecule has 1 aromatic heterocycles. The van der Waals surface area contributed by atoms with Crippen molar-refractivity contribution in [2.75, 3.05) is 11.5 Å². The number of sulfone groups is 1. The van der Waals surface area contributed by atoms with Gasteiger partial charge in [0.15, 0.2) is 0 Å². The van der Waals surface area contributed by atoms with Crippen LogP contribution in [0, 0.1) is 3.70 Å². The van der Waals surface area contributed by atoms with Gasteiger partial charge in [-0.15, -0.1) is 0 Å². The Kier molecular flexibility index (Phi) is 5.04. The predicted molar refractivity (Wildman–Crippen MR) is 71.6 cm³/mol. The van der Waals surface area contributed by atoms with Crippen LogP contribution in [-0.2, 0) is 16.4 Å². The van der Waals surface area contributed by atoms with E-state index in [1.54, 1.807) is 11.6 Å². The number of halogens is 2. The molecule has 0 unspecified atom stereocenters. The highest BCUT2D eigenvalue weighted by Crippen LogP contribution is 2.16. The van der Waals surface area contributed by atoms with Crippen molar-refractivity contribution in [3.05, 3.63) is 14.4 Å². The summed E-state index contributed by atoms with van der Waals surface area (Å²) in [6.07, 6.45) is 2.47. The standard InChI is InChI=1S/C8H12BrIN2O2S/c1-2-15(13,14)5-3-4-12-6-7(9)8(10)11-12/h6H,2-5H2,1H3. The summed E-state index contributed by atoms with van der Waals surface area (Å²) >= 11 is 5.48. The summed E-state index contributed by atoms with van der Waals surface area (Å²) in [4.78, 5) is 0. The largest absolute Gasteiger partial charge is 0.270 e. The first-order valence-corrected chi connectivity index (χ1v) is 8.23. The van der Waals surface area contributed by atoms with E-state index < -0.39 is 9.84 Å². The smallest absolute Gasteiger partial charge is 0.150 e. The van der Waals surface area contributed by atoms with Gasteiger partial charge >= 0.3 is 0 Å². The van der Waals surface area contributed by atoms with Crippen molar-refractivity contribution in [3.63, 3.8) is 0 Å². The molecule has 0 bridgehead atoms. The Hall–Kier alpha value is 0.370. The van der Waals surface area contributed by atoms with Gasteiger partial charge in [0.25, 0.3) is 0 Å². The van der Waals surface area contributed by atoms with Crippen LogP contribution in [-0.4, -0.2) is 29.7 Å². The molecule has 0 aliphatic carbocycles. The fourth-order valence-corrected chi connectivity index (χ4v) is 2.67. The molecule has 0 aliphatic heterocycles. The quantitative estimate of drug-likeness (QED) is 0.703. The van der Waals surface area contributed by atoms with Gasteiger partial charge in [0.1, 0.15) is 13.5 Å². The fraction of sp³-hybridized carbons (Fsp3) is 0.625. The molecule has 0 amide bonds. The maximum atomic E-state index is 11.2. The number of nitrogens with zero attached hydrogens (tertiary/aromatic N) is 2. The van der Waals surface area contributed by atoms with E-state index >= 15 is 0 Å². The second-order valence-corrected chi connectivity index (χ2v) is 7.47. The second kappa shape index (κ2) is 5.62. The lowest BCUT2D eigenvalue weighted by atomic mass is 10.5. The lowest BCUT2D eigenvalue weighted by molar-refractivity contribution is 0.572. The van der Waals surface area contributed by atoms with Gasteiger partial charge in [0.05, 0.1) is 10.2 Å². The van der Waals surface area contributed by atoms with E-state index in [0.717, 1.165) is 8.17 Å². The predicted octanol–water partition coefficient (Wildman–Crippen LogP) is 2.08. The summed E-state index contributed by atoms with van der Waals surface area (Å²) in [6.45, 7) is 2.31. The number of rotatable bonds is 5. The molecule has 0 fully saturated rings. The van der Waals surface area contributed by atoms with Crippen molar-refractivity contribution in [1.29, 1.82) is 0 Å². The average molecular weight is 407 g/mol. The van der Waals surface area contributed by atoms with Crippen molar-refractivity contribution in [2.45, 2.75) is 19.9 Å².